The summed E-state index contributed by atoms with van der Waals surface area (Å²) in [7, 11) is 1.56. The second-order valence-corrected chi connectivity index (χ2v) is 11.7. The fourth-order valence-electron chi connectivity index (χ4n) is 5.90. The largest absolute Gasteiger partial charge is 0.358 e. The lowest BCUT2D eigenvalue weighted by Crippen LogP contribution is -2.85. The number of hydrazine groups is 1. The highest BCUT2D eigenvalue weighted by atomic mass is 16.2. The molecule has 40 heavy (non-hydrogen) atoms. The van der Waals surface area contributed by atoms with Crippen molar-refractivity contribution in [2.45, 2.75) is 128 Å². The molecule has 2 atom stereocenters. The van der Waals surface area contributed by atoms with Crippen LogP contribution >= 0.6 is 0 Å². The van der Waals surface area contributed by atoms with Crippen LogP contribution in [0, 0.1) is 0 Å². The molecule has 2 rings (SSSR count). The van der Waals surface area contributed by atoms with Crippen molar-refractivity contribution in [3.63, 3.8) is 0 Å². The van der Waals surface area contributed by atoms with Crippen LogP contribution in [0.2, 0.25) is 0 Å². The maximum Gasteiger partial charge on any atom is 0.333 e. The molecule has 5 amide bonds. The second-order valence-electron chi connectivity index (χ2n) is 11.7. The summed E-state index contributed by atoms with van der Waals surface area (Å²) >= 11 is 0. The summed E-state index contributed by atoms with van der Waals surface area (Å²) in [6.45, 7) is 10.2. The molecule has 0 aliphatic heterocycles. The number of amides is 5. The van der Waals surface area contributed by atoms with Crippen molar-refractivity contribution in [1.29, 1.82) is 0 Å². The number of urea groups is 1. The van der Waals surface area contributed by atoms with Crippen molar-refractivity contribution in [3.05, 3.63) is 0 Å². The van der Waals surface area contributed by atoms with Gasteiger partial charge >= 0.3 is 6.03 Å². The van der Waals surface area contributed by atoms with E-state index in [9.17, 15) is 19.2 Å². The van der Waals surface area contributed by atoms with Gasteiger partial charge in [0.05, 0.1) is 6.54 Å². The summed E-state index contributed by atoms with van der Waals surface area (Å²) in [4.78, 5) is 53.5. The monoisotopic (exact) mass is 566 g/mol. The molecule has 0 bridgehead atoms. The number of likely N-dealkylation sites (N-methyl/N-ethyl adjacent to an activating group) is 1. The third kappa shape index (κ3) is 8.78. The van der Waals surface area contributed by atoms with E-state index in [1.165, 1.54) is 5.01 Å². The van der Waals surface area contributed by atoms with Gasteiger partial charge < -0.3 is 21.3 Å². The van der Waals surface area contributed by atoms with Gasteiger partial charge in [-0.25, -0.2) is 15.2 Å². The predicted molar refractivity (Wildman–Crippen MR) is 156 cm³/mol. The minimum absolute atomic E-state index is 0.0328. The van der Waals surface area contributed by atoms with Crippen molar-refractivity contribution < 1.29 is 19.2 Å². The van der Waals surface area contributed by atoms with Gasteiger partial charge in [0, 0.05) is 44.7 Å². The van der Waals surface area contributed by atoms with Gasteiger partial charge in [-0.05, 0) is 60.3 Å². The van der Waals surface area contributed by atoms with E-state index in [4.69, 9.17) is 0 Å². The third-order valence-corrected chi connectivity index (χ3v) is 7.73. The van der Waals surface area contributed by atoms with E-state index in [0.717, 1.165) is 38.5 Å². The van der Waals surface area contributed by atoms with Crippen LogP contribution in [0.25, 0.3) is 0 Å². The Morgan fingerprint density at radius 1 is 0.875 bits per heavy atom. The third-order valence-electron chi connectivity index (χ3n) is 7.73. The standard InChI is InChI=1S/C28H54N8O4/c1-7-30-23(37)15-18-31-28(32-19-24(38)29-6)17-12-11-16-27(28,25(39)33-20(2)3)36(35-21(4)5)26(40)34-22-13-9-8-10-14-22/h20-22,31-32,35H,7-19H2,1-6H3,(H,29,38)(H,30,37)(H,33,39)(H,34,40). The Morgan fingerprint density at radius 3 is 2.15 bits per heavy atom. The molecule has 0 saturated heterocycles. The molecule has 230 valence electrons. The number of carbonyl (C=O) groups is 4. The second kappa shape index (κ2) is 16.1. The fraction of sp³-hybridized carbons (Fsp3) is 0.857. The molecule has 2 unspecified atom stereocenters. The molecule has 0 aromatic carbocycles. The van der Waals surface area contributed by atoms with Crippen LogP contribution in [-0.4, -0.2) is 84.8 Å². The van der Waals surface area contributed by atoms with Crippen LogP contribution in [0.4, 0.5) is 4.79 Å². The number of nitrogens with one attached hydrogen (secondary N) is 7. The minimum atomic E-state index is -1.45. The lowest BCUT2D eigenvalue weighted by atomic mass is 9.70. The zero-order valence-corrected chi connectivity index (χ0v) is 25.5. The molecular weight excluding hydrogens is 512 g/mol. The Morgan fingerprint density at radius 2 is 1.55 bits per heavy atom. The van der Waals surface area contributed by atoms with Crippen molar-refractivity contribution in [2.75, 3.05) is 26.7 Å². The summed E-state index contributed by atoms with van der Waals surface area (Å²) in [6.07, 6.45) is 7.56. The summed E-state index contributed by atoms with van der Waals surface area (Å²) in [6, 6.07) is -0.668. The van der Waals surface area contributed by atoms with E-state index < -0.39 is 11.2 Å². The van der Waals surface area contributed by atoms with Crippen molar-refractivity contribution >= 4 is 23.8 Å². The van der Waals surface area contributed by atoms with Gasteiger partial charge in [0.25, 0.3) is 5.91 Å². The average molecular weight is 567 g/mol. The Hall–Kier alpha value is -2.44. The summed E-state index contributed by atoms with van der Waals surface area (Å²) < 4.78 is 0. The van der Waals surface area contributed by atoms with Crippen molar-refractivity contribution in [1.82, 2.24) is 42.3 Å². The molecule has 0 spiro atoms. The Kier molecular flexibility index (Phi) is 13.6. The zero-order valence-electron chi connectivity index (χ0n) is 25.5. The lowest BCUT2D eigenvalue weighted by molar-refractivity contribution is -0.149. The highest BCUT2D eigenvalue weighted by molar-refractivity contribution is 5.93. The SMILES string of the molecule is CCNC(=O)CCNC1(NCC(=O)NC)CCCCC1(C(=O)NC(C)C)N(NC(C)C)C(=O)NC1CCCCC1. The number of rotatable bonds is 14. The molecule has 2 saturated carbocycles. The van der Waals surface area contributed by atoms with Crippen LogP contribution in [-0.2, 0) is 14.4 Å². The van der Waals surface area contributed by atoms with Crippen LogP contribution < -0.4 is 37.3 Å². The lowest BCUT2D eigenvalue weighted by Gasteiger charge is -2.57. The Bertz CT molecular complexity index is 848. The summed E-state index contributed by atoms with van der Waals surface area (Å²) in [5.41, 5.74) is 0.660. The molecular formula is C28H54N8O4. The maximum absolute atomic E-state index is 14.4. The quantitative estimate of drug-likeness (QED) is 0.123. The van der Waals surface area contributed by atoms with E-state index in [2.05, 4.69) is 37.3 Å². The molecule has 2 fully saturated rings. The van der Waals surface area contributed by atoms with Crippen LogP contribution in [0.1, 0.15) is 98.8 Å². The van der Waals surface area contributed by atoms with E-state index in [0.29, 0.717) is 25.8 Å². The summed E-state index contributed by atoms with van der Waals surface area (Å²) in [5.74, 6) is -0.676. The molecule has 2 aliphatic carbocycles. The van der Waals surface area contributed by atoms with Gasteiger partial charge in [0.15, 0.2) is 5.54 Å². The first kappa shape index (κ1) is 33.8. The molecule has 2 aliphatic rings. The van der Waals surface area contributed by atoms with Crippen LogP contribution in [0.15, 0.2) is 0 Å². The fourth-order valence-corrected chi connectivity index (χ4v) is 5.90. The molecule has 0 aromatic rings. The Balaban J connectivity index is 2.63. The molecule has 12 heteroatoms. The van der Waals surface area contributed by atoms with E-state index in [1.54, 1.807) is 7.05 Å². The number of carbonyl (C=O) groups excluding carboxylic acids is 4. The zero-order chi connectivity index (χ0) is 29.8. The average Bonchev–Trinajstić information content (AvgIpc) is 2.91. The van der Waals surface area contributed by atoms with Crippen LogP contribution in [0.3, 0.4) is 0 Å². The maximum atomic E-state index is 14.4. The number of hydrogen-bond acceptors (Lipinski definition) is 7. The molecule has 12 nitrogen and oxygen atoms in total. The number of hydrogen-bond donors (Lipinski definition) is 7. The first-order valence-electron chi connectivity index (χ1n) is 15.2. The van der Waals surface area contributed by atoms with Crippen LogP contribution in [0.5, 0.6) is 0 Å². The van der Waals surface area contributed by atoms with Gasteiger partial charge in [-0.3, -0.25) is 25.0 Å². The van der Waals surface area contributed by atoms with Crippen molar-refractivity contribution in [3.8, 4) is 0 Å². The first-order valence-corrected chi connectivity index (χ1v) is 15.2. The number of nitrogens with zero attached hydrogens (tertiary/aromatic N) is 1. The highest BCUT2D eigenvalue weighted by Gasteiger charge is 2.63. The van der Waals surface area contributed by atoms with Gasteiger partial charge in [0.1, 0.15) is 5.66 Å². The smallest absolute Gasteiger partial charge is 0.333 e. The summed E-state index contributed by atoms with van der Waals surface area (Å²) in [5, 5.41) is 20.1. The molecule has 0 heterocycles. The predicted octanol–water partition coefficient (Wildman–Crippen LogP) is 1.23. The van der Waals surface area contributed by atoms with Gasteiger partial charge in [-0.15, -0.1) is 0 Å². The van der Waals surface area contributed by atoms with Gasteiger partial charge in [0.2, 0.25) is 11.8 Å². The Labute approximate surface area is 240 Å². The highest BCUT2D eigenvalue weighted by Crippen LogP contribution is 2.41. The topological polar surface area (TPSA) is 156 Å². The van der Waals surface area contributed by atoms with E-state index in [1.807, 2.05) is 34.6 Å². The van der Waals surface area contributed by atoms with Crippen molar-refractivity contribution in [2.24, 2.45) is 0 Å². The molecule has 7 N–H and O–H groups in total. The van der Waals surface area contributed by atoms with Gasteiger partial charge in [-0.1, -0.05) is 32.1 Å². The van der Waals surface area contributed by atoms with Gasteiger partial charge in [-0.2, -0.15) is 0 Å². The van der Waals surface area contributed by atoms with E-state index in [-0.39, 0.29) is 61.4 Å². The first-order chi connectivity index (χ1) is 19.0. The molecule has 0 aromatic heterocycles. The normalized spacial score (nSPS) is 23.5. The van der Waals surface area contributed by atoms with E-state index >= 15 is 0 Å². The molecule has 0 radical (unpaired) electrons. The minimum Gasteiger partial charge on any atom is -0.358 e.